The number of aromatic hydroxyl groups is 1. The molecule has 2 unspecified atom stereocenters. The SMILES string of the molecule is CC(C)(C)OC(=O)N1CC2CN(c3ccc(-c4ccc(O)cc4)nn3)CC2C1. The maximum atomic E-state index is 12.3. The molecule has 4 rings (SSSR count). The number of ether oxygens (including phenoxy) is 1. The van der Waals surface area contributed by atoms with E-state index in [2.05, 4.69) is 15.1 Å². The van der Waals surface area contributed by atoms with Gasteiger partial charge < -0.3 is 19.6 Å². The zero-order chi connectivity index (χ0) is 19.9. The first-order valence-corrected chi connectivity index (χ1v) is 9.64. The summed E-state index contributed by atoms with van der Waals surface area (Å²) < 4.78 is 5.50. The van der Waals surface area contributed by atoms with Crippen LogP contribution in [-0.2, 0) is 4.74 Å². The second kappa shape index (κ2) is 6.96. The lowest BCUT2D eigenvalue weighted by Gasteiger charge is -2.26. The first-order chi connectivity index (χ1) is 13.3. The Morgan fingerprint density at radius 3 is 2.18 bits per heavy atom. The molecule has 7 heteroatoms. The van der Waals surface area contributed by atoms with E-state index in [1.807, 2.05) is 49.9 Å². The Labute approximate surface area is 164 Å². The van der Waals surface area contributed by atoms with E-state index in [0.29, 0.717) is 11.8 Å². The molecule has 0 radical (unpaired) electrons. The number of nitrogens with zero attached hydrogens (tertiary/aromatic N) is 4. The number of anilines is 1. The Hall–Kier alpha value is -2.83. The molecule has 148 valence electrons. The van der Waals surface area contributed by atoms with Crippen LogP contribution in [0.2, 0.25) is 0 Å². The molecule has 1 aromatic carbocycles. The average Bonchev–Trinajstić information content (AvgIpc) is 3.20. The third-order valence-electron chi connectivity index (χ3n) is 5.28. The molecule has 2 atom stereocenters. The van der Waals surface area contributed by atoms with Gasteiger partial charge in [0.15, 0.2) is 5.82 Å². The van der Waals surface area contributed by atoms with Gasteiger partial charge in [-0.3, -0.25) is 0 Å². The lowest BCUT2D eigenvalue weighted by Crippen LogP contribution is -2.37. The minimum atomic E-state index is -0.463. The molecule has 0 aliphatic carbocycles. The number of hydrogen-bond donors (Lipinski definition) is 1. The molecule has 0 saturated carbocycles. The topological polar surface area (TPSA) is 78.8 Å². The summed E-state index contributed by atoms with van der Waals surface area (Å²) in [5, 5.41) is 18.1. The number of aromatic nitrogens is 2. The van der Waals surface area contributed by atoms with Crippen molar-refractivity contribution in [1.82, 2.24) is 15.1 Å². The van der Waals surface area contributed by atoms with Crippen molar-refractivity contribution in [3.8, 4) is 17.0 Å². The molecule has 1 amide bonds. The van der Waals surface area contributed by atoms with Gasteiger partial charge in [-0.2, -0.15) is 0 Å². The maximum absolute atomic E-state index is 12.3. The quantitative estimate of drug-likeness (QED) is 0.860. The Morgan fingerprint density at radius 1 is 1.00 bits per heavy atom. The first-order valence-electron chi connectivity index (χ1n) is 9.64. The summed E-state index contributed by atoms with van der Waals surface area (Å²) in [5.74, 6) is 1.97. The Bertz CT molecular complexity index is 831. The van der Waals surface area contributed by atoms with Crippen molar-refractivity contribution in [2.45, 2.75) is 26.4 Å². The zero-order valence-corrected chi connectivity index (χ0v) is 16.5. The fourth-order valence-corrected chi connectivity index (χ4v) is 3.94. The van der Waals surface area contributed by atoms with Gasteiger partial charge in [-0.05, 0) is 57.2 Å². The number of fused-ring (bicyclic) bond motifs is 1. The molecule has 1 aromatic heterocycles. The summed E-state index contributed by atoms with van der Waals surface area (Å²) in [5.41, 5.74) is 1.23. The fourth-order valence-electron chi connectivity index (χ4n) is 3.94. The van der Waals surface area contributed by atoms with Gasteiger partial charge in [0.1, 0.15) is 11.4 Å². The van der Waals surface area contributed by atoms with Crippen LogP contribution < -0.4 is 4.90 Å². The number of phenolic OH excluding ortho intramolecular Hbond substituents is 1. The number of rotatable bonds is 2. The Balaban J connectivity index is 1.37. The molecular formula is C21H26N4O3. The van der Waals surface area contributed by atoms with Crippen molar-refractivity contribution in [3.05, 3.63) is 36.4 Å². The van der Waals surface area contributed by atoms with Crippen LogP contribution >= 0.6 is 0 Å². The summed E-state index contributed by atoms with van der Waals surface area (Å²) in [6, 6.07) is 10.9. The molecule has 28 heavy (non-hydrogen) atoms. The molecule has 2 aliphatic rings. The normalized spacial score (nSPS) is 21.7. The van der Waals surface area contributed by atoms with Gasteiger partial charge in [0.25, 0.3) is 0 Å². The molecule has 0 bridgehead atoms. The van der Waals surface area contributed by atoms with E-state index < -0.39 is 5.60 Å². The largest absolute Gasteiger partial charge is 0.508 e. The molecule has 7 nitrogen and oxygen atoms in total. The highest BCUT2D eigenvalue weighted by molar-refractivity contribution is 5.68. The second-order valence-electron chi connectivity index (χ2n) is 8.63. The van der Waals surface area contributed by atoms with Crippen LogP contribution in [0.3, 0.4) is 0 Å². The van der Waals surface area contributed by atoms with Crippen molar-refractivity contribution in [1.29, 1.82) is 0 Å². The van der Waals surface area contributed by atoms with Gasteiger partial charge in [0, 0.05) is 43.6 Å². The van der Waals surface area contributed by atoms with Gasteiger partial charge in [-0.1, -0.05) is 0 Å². The molecule has 3 heterocycles. The molecular weight excluding hydrogens is 356 g/mol. The maximum Gasteiger partial charge on any atom is 0.410 e. The number of phenols is 1. The zero-order valence-electron chi connectivity index (χ0n) is 16.5. The third kappa shape index (κ3) is 3.88. The summed E-state index contributed by atoms with van der Waals surface area (Å²) in [7, 11) is 0. The summed E-state index contributed by atoms with van der Waals surface area (Å²) in [6.07, 6.45) is -0.216. The van der Waals surface area contributed by atoms with Crippen molar-refractivity contribution in [3.63, 3.8) is 0 Å². The van der Waals surface area contributed by atoms with Crippen LogP contribution in [0.5, 0.6) is 5.75 Å². The van der Waals surface area contributed by atoms with Gasteiger partial charge in [-0.15, -0.1) is 10.2 Å². The van der Waals surface area contributed by atoms with Crippen LogP contribution in [0.25, 0.3) is 11.3 Å². The summed E-state index contributed by atoms with van der Waals surface area (Å²) in [4.78, 5) is 16.4. The van der Waals surface area contributed by atoms with E-state index in [1.54, 1.807) is 12.1 Å². The number of benzene rings is 1. The minimum Gasteiger partial charge on any atom is -0.508 e. The number of amides is 1. The van der Waals surface area contributed by atoms with E-state index in [9.17, 15) is 9.90 Å². The monoisotopic (exact) mass is 382 g/mol. The van der Waals surface area contributed by atoms with Crippen LogP contribution in [0.1, 0.15) is 20.8 Å². The van der Waals surface area contributed by atoms with Crippen LogP contribution in [0, 0.1) is 11.8 Å². The number of carbonyl (C=O) groups is 1. The molecule has 0 spiro atoms. The molecule has 2 aliphatic heterocycles. The lowest BCUT2D eigenvalue weighted by atomic mass is 10.0. The first kappa shape index (κ1) is 18.5. The minimum absolute atomic E-state index is 0.216. The highest BCUT2D eigenvalue weighted by Gasteiger charge is 2.43. The summed E-state index contributed by atoms with van der Waals surface area (Å²) >= 11 is 0. The predicted molar refractivity (Wildman–Crippen MR) is 106 cm³/mol. The van der Waals surface area contributed by atoms with E-state index in [0.717, 1.165) is 43.3 Å². The average molecular weight is 382 g/mol. The van der Waals surface area contributed by atoms with Crippen molar-refractivity contribution in [2.24, 2.45) is 11.8 Å². The molecule has 2 saturated heterocycles. The third-order valence-corrected chi connectivity index (χ3v) is 5.28. The predicted octanol–water partition coefficient (Wildman–Crippen LogP) is 3.15. The molecule has 2 fully saturated rings. The number of likely N-dealkylation sites (tertiary alicyclic amines) is 1. The van der Waals surface area contributed by atoms with Crippen LogP contribution in [-0.4, -0.2) is 58.1 Å². The molecule has 1 N–H and O–H groups in total. The molecule has 2 aromatic rings. The van der Waals surface area contributed by atoms with Crippen molar-refractivity contribution < 1.29 is 14.6 Å². The van der Waals surface area contributed by atoms with E-state index in [4.69, 9.17) is 4.74 Å². The van der Waals surface area contributed by atoms with Gasteiger partial charge >= 0.3 is 6.09 Å². The van der Waals surface area contributed by atoms with Gasteiger partial charge in [-0.25, -0.2) is 4.79 Å². The van der Waals surface area contributed by atoms with E-state index in [1.165, 1.54) is 0 Å². The second-order valence-corrected chi connectivity index (χ2v) is 8.63. The van der Waals surface area contributed by atoms with Gasteiger partial charge in [0.2, 0.25) is 0 Å². The number of carbonyl (C=O) groups excluding carboxylic acids is 1. The summed E-state index contributed by atoms with van der Waals surface area (Å²) in [6.45, 7) is 8.89. The standard InChI is InChI=1S/C21H26N4O3/c1-21(2,3)28-20(27)25-12-15-10-24(11-16(15)13-25)19-9-8-18(22-23-19)14-4-6-17(26)7-5-14/h4-9,15-16,26H,10-13H2,1-3H3. The fraction of sp³-hybridized carbons (Fsp3) is 0.476. The number of hydrogen-bond acceptors (Lipinski definition) is 6. The highest BCUT2D eigenvalue weighted by atomic mass is 16.6. The lowest BCUT2D eigenvalue weighted by molar-refractivity contribution is 0.0282. The van der Waals surface area contributed by atoms with E-state index >= 15 is 0 Å². The van der Waals surface area contributed by atoms with Crippen LogP contribution in [0.15, 0.2) is 36.4 Å². The van der Waals surface area contributed by atoms with Crippen molar-refractivity contribution >= 4 is 11.9 Å². The van der Waals surface area contributed by atoms with Crippen molar-refractivity contribution in [2.75, 3.05) is 31.1 Å². The Kier molecular flexibility index (Phi) is 4.61. The highest BCUT2D eigenvalue weighted by Crippen LogP contribution is 2.34. The van der Waals surface area contributed by atoms with E-state index in [-0.39, 0.29) is 11.8 Å². The van der Waals surface area contributed by atoms with Crippen LogP contribution in [0.4, 0.5) is 10.6 Å². The Morgan fingerprint density at radius 2 is 1.64 bits per heavy atom. The van der Waals surface area contributed by atoms with Gasteiger partial charge in [0.05, 0.1) is 5.69 Å². The smallest absolute Gasteiger partial charge is 0.410 e.